The van der Waals surface area contributed by atoms with E-state index in [1.807, 2.05) is 23.6 Å². The Labute approximate surface area is 90.4 Å². The molecule has 0 radical (unpaired) electrons. The molecule has 1 rings (SSSR count). The molecule has 1 amide bonds. The zero-order valence-corrected chi connectivity index (χ0v) is 9.58. The van der Waals surface area contributed by atoms with Gasteiger partial charge in [0, 0.05) is 12.2 Å². The number of nitrogens with two attached hydrogens (primary N) is 1. The van der Waals surface area contributed by atoms with Crippen LogP contribution in [-0.4, -0.2) is 10.5 Å². The quantitative estimate of drug-likeness (QED) is 0.446. The maximum atomic E-state index is 11.4. The second-order valence-electron chi connectivity index (χ2n) is 4.03. The summed E-state index contributed by atoms with van der Waals surface area (Å²) in [6.07, 6.45) is 0.978. The Morgan fingerprint density at radius 2 is 2.20 bits per heavy atom. The van der Waals surface area contributed by atoms with Crippen molar-refractivity contribution in [3.8, 4) is 0 Å². The van der Waals surface area contributed by atoms with Crippen LogP contribution in [0.1, 0.15) is 37.0 Å². The second-order valence-corrected chi connectivity index (χ2v) is 4.03. The van der Waals surface area contributed by atoms with Crippen LogP contribution in [0, 0.1) is 5.92 Å². The average molecular weight is 209 g/mol. The monoisotopic (exact) mass is 209 g/mol. The number of hydrogen-bond acceptors (Lipinski definition) is 2. The van der Waals surface area contributed by atoms with Gasteiger partial charge in [-0.2, -0.15) is 0 Å². The van der Waals surface area contributed by atoms with E-state index >= 15 is 0 Å². The van der Waals surface area contributed by atoms with Gasteiger partial charge in [-0.1, -0.05) is 13.8 Å². The van der Waals surface area contributed by atoms with E-state index < -0.39 is 0 Å². The fourth-order valence-corrected chi connectivity index (χ4v) is 1.75. The predicted molar refractivity (Wildman–Crippen MR) is 60.3 cm³/mol. The Balaban J connectivity index is 3.00. The molecule has 1 aromatic heterocycles. The molecule has 0 aliphatic heterocycles. The van der Waals surface area contributed by atoms with Crippen LogP contribution in [0.5, 0.6) is 0 Å². The van der Waals surface area contributed by atoms with E-state index in [2.05, 4.69) is 19.3 Å². The predicted octanol–water partition coefficient (Wildman–Crippen LogP) is 1.31. The van der Waals surface area contributed by atoms with Crippen molar-refractivity contribution in [3.63, 3.8) is 0 Å². The van der Waals surface area contributed by atoms with Crippen LogP contribution in [0.25, 0.3) is 0 Å². The highest BCUT2D eigenvalue weighted by Gasteiger charge is 2.13. The van der Waals surface area contributed by atoms with Crippen molar-refractivity contribution >= 4 is 5.91 Å². The highest BCUT2D eigenvalue weighted by Crippen LogP contribution is 2.13. The van der Waals surface area contributed by atoms with Gasteiger partial charge in [0.2, 0.25) is 0 Å². The summed E-state index contributed by atoms with van der Waals surface area (Å²) >= 11 is 0. The van der Waals surface area contributed by atoms with Crippen LogP contribution in [0.3, 0.4) is 0 Å². The van der Waals surface area contributed by atoms with Crippen LogP contribution < -0.4 is 11.3 Å². The number of carbonyl (C=O) groups is 1. The van der Waals surface area contributed by atoms with Crippen molar-refractivity contribution in [2.75, 3.05) is 0 Å². The molecule has 0 unspecified atom stereocenters. The van der Waals surface area contributed by atoms with E-state index in [4.69, 9.17) is 5.84 Å². The number of amides is 1. The third-order valence-corrected chi connectivity index (χ3v) is 2.37. The topological polar surface area (TPSA) is 60.0 Å². The van der Waals surface area contributed by atoms with E-state index in [-0.39, 0.29) is 5.91 Å². The summed E-state index contributed by atoms with van der Waals surface area (Å²) in [6, 6.07) is 3.82. The molecule has 4 nitrogen and oxygen atoms in total. The number of nitrogens with one attached hydrogen (secondary N) is 1. The minimum atomic E-state index is -0.230. The van der Waals surface area contributed by atoms with Gasteiger partial charge in [0.25, 0.3) is 5.91 Å². The first-order valence-electron chi connectivity index (χ1n) is 5.29. The van der Waals surface area contributed by atoms with E-state index in [1.165, 1.54) is 5.69 Å². The summed E-state index contributed by atoms with van der Waals surface area (Å²) in [4.78, 5) is 11.4. The molecule has 0 saturated heterocycles. The summed E-state index contributed by atoms with van der Waals surface area (Å²) in [5, 5.41) is 0. The lowest BCUT2D eigenvalue weighted by Gasteiger charge is -2.11. The van der Waals surface area contributed by atoms with E-state index in [0.29, 0.717) is 11.6 Å². The fraction of sp³-hybridized carbons (Fsp3) is 0.545. The first-order valence-corrected chi connectivity index (χ1v) is 5.29. The molecule has 1 aromatic rings. The van der Waals surface area contributed by atoms with Crippen molar-refractivity contribution in [2.45, 2.75) is 33.7 Å². The van der Waals surface area contributed by atoms with Crippen LogP contribution in [0.4, 0.5) is 0 Å². The third kappa shape index (κ3) is 2.59. The summed E-state index contributed by atoms with van der Waals surface area (Å²) in [7, 11) is 0. The molecule has 3 N–H and O–H groups in total. The maximum Gasteiger partial charge on any atom is 0.281 e. The molecule has 1 heterocycles. The van der Waals surface area contributed by atoms with Gasteiger partial charge in [-0.05, 0) is 31.4 Å². The molecule has 0 aromatic carbocycles. The number of carbonyl (C=O) groups excluding carboxylic acids is 1. The summed E-state index contributed by atoms with van der Waals surface area (Å²) in [5.74, 6) is 5.48. The lowest BCUT2D eigenvalue weighted by Crippen LogP contribution is -2.32. The van der Waals surface area contributed by atoms with Gasteiger partial charge < -0.3 is 4.57 Å². The Morgan fingerprint density at radius 3 is 2.67 bits per heavy atom. The van der Waals surface area contributed by atoms with Crippen molar-refractivity contribution in [1.82, 2.24) is 9.99 Å². The summed E-state index contributed by atoms with van der Waals surface area (Å²) in [5.41, 5.74) is 3.98. The highest BCUT2D eigenvalue weighted by molar-refractivity contribution is 5.92. The van der Waals surface area contributed by atoms with Gasteiger partial charge in [-0.15, -0.1) is 0 Å². The minimum absolute atomic E-state index is 0.230. The van der Waals surface area contributed by atoms with Gasteiger partial charge in [0.1, 0.15) is 5.69 Å². The van der Waals surface area contributed by atoms with Crippen LogP contribution in [-0.2, 0) is 13.0 Å². The number of nitrogens with zero attached hydrogens (tertiary/aromatic N) is 1. The number of rotatable bonds is 4. The zero-order valence-electron chi connectivity index (χ0n) is 9.58. The number of hydrazine groups is 1. The fourth-order valence-electron chi connectivity index (χ4n) is 1.75. The molecule has 0 saturated carbocycles. The summed E-state index contributed by atoms with van der Waals surface area (Å²) in [6.45, 7) is 7.14. The molecule has 0 atom stereocenters. The normalized spacial score (nSPS) is 10.7. The Bertz CT molecular complexity index is 342. The van der Waals surface area contributed by atoms with Crippen LogP contribution >= 0.6 is 0 Å². The first kappa shape index (κ1) is 11.8. The van der Waals surface area contributed by atoms with E-state index in [0.717, 1.165) is 13.0 Å². The van der Waals surface area contributed by atoms with Gasteiger partial charge in [0.15, 0.2) is 0 Å². The molecule has 15 heavy (non-hydrogen) atoms. The van der Waals surface area contributed by atoms with Crippen molar-refractivity contribution in [3.05, 3.63) is 23.5 Å². The van der Waals surface area contributed by atoms with Crippen LogP contribution in [0.15, 0.2) is 12.1 Å². The Morgan fingerprint density at radius 1 is 1.53 bits per heavy atom. The maximum absolute atomic E-state index is 11.4. The average Bonchev–Trinajstić information content (AvgIpc) is 2.58. The largest absolute Gasteiger partial charge is 0.341 e. The van der Waals surface area contributed by atoms with Gasteiger partial charge >= 0.3 is 0 Å². The SMILES string of the molecule is CCn1c(CC(C)C)ccc1C(=O)NN. The smallest absolute Gasteiger partial charge is 0.281 e. The summed E-state index contributed by atoms with van der Waals surface area (Å²) < 4.78 is 2.00. The molecule has 84 valence electrons. The molecule has 4 heteroatoms. The lowest BCUT2D eigenvalue weighted by atomic mass is 10.1. The number of hydrogen-bond donors (Lipinski definition) is 2. The molecular formula is C11H19N3O. The highest BCUT2D eigenvalue weighted by atomic mass is 16.2. The minimum Gasteiger partial charge on any atom is -0.341 e. The molecule has 0 bridgehead atoms. The molecule has 0 aliphatic carbocycles. The number of nitrogen functional groups attached to an aromatic ring is 1. The third-order valence-electron chi connectivity index (χ3n) is 2.37. The number of aromatic nitrogens is 1. The van der Waals surface area contributed by atoms with Gasteiger partial charge in [-0.3, -0.25) is 10.2 Å². The first-order chi connectivity index (χ1) is 7.10. The van der Waals surface area contributed by atoms with Crippen molar-refractivity contribution in [1.29, 1.82) is 0 Å². The Kier molecular flexibility index (Phi) is 3.91. The molecular weight excluding hydrogens is 190 g/mol. The standard InChI is InChI=1S/C11H19N3O/c1-4-14-9(7-8(2)3)5-6-10(14)11(15)13-12/h5-6,8H,4,7,12H2,1-3H3,(H,13,15). The van der Waals surface area contributed by atoms with Gasteiger partial charge in [0.05, 0.1) is 0 Å². The lowest BCUT2D eigenvalue weighted by molar-refractivity contribution is 0.0944. The zero-order chi connectivity index (χ0) is 11.4. The second kappa shape index (κ2) is 4.98. The van der Waals surface area contributed by atoms with Gasteiger partial charge in [-0.25, -0.2) is 5.84 Å². The van der Waals surface area contributed by atoms with E-state index in [1.54, 1.807) is 0 Å². The van der Waals surface area contributed by atoms with E-state index in [9.17, 15) is 4.79 Å². The van der Waals surface area contributed by atoms with Crippen molar-refractivity contribution < 1.29 is 4.79 Å². The molecule has 0 spiro atoms. The molecule has 0 aliphatic rings. The molecule has 0 fully saturated rings. The Hall–Kier alpha value is -1.29. The van der Waals surface area contributed by atoms with Crippen molar-refractivity contribution in [2.24, 2.45) is 11.8 Å². The van der Waals surface area contributed by atoms with Crippen LogP contribution in [0.2, 0.25) is 0 Å².